The maximum Gasteiger partial charge on any atom is 0.331 e. The summed E-state index contributed by atoms with van der Waals surface area (Å²) < 4.78 is 19.4. The van der Waals surface area contributed by atoms with E-state index in [0.717, 1.165) is 22.9 Å². The fourth-order valence-corrected chi connectivity index (χ4v) is 2.08. The van der Waals surface area contributed by atoms with Gasteiger partial charge in [0.2, 0.25) is 0 Å². The molecule has 1 aromatic heterocycles. The van der Waals surface area contributed by atoms with Gasteiger partial charge in [-0.2, -0.15) is 9.78 Å². The zero-order valence-electron chi connectivity index (χ0n) is 13.5. The molecular weight excluding hydrogens is 333 g/mol. The first-order valence-corrected chi connectivity index (χ1v) is 7.18. The molecule has 132 valence electrons. The van der Waals surface area contributed by atoms with E-state index in [1.165, 1.54) is 32.2 Å². The summed E-state index contributed by atoms with van der Waals surface area (Å²) in [7, 11) is 1.30. The van der Waals surface area contributed by atoms with Gasteiger partial charge in [-0.3, -0.25) is 9.59 Å². The molecule has 0 aliphatic carbocycles. The van der Waals surface area contributed by atoms with Gasteiger partial charge in [0.25, 0.3) is 11.5 Å². The molecule has 8 nitrogen and oxygen atoms in total. The molecule has 0 saturated heterocycles. The first kappa shape index (κ1) is 18.3. The van der Waals surface area contributed by atoms with E-state index in [0.29, 0.717) is 0 Å². The average Bonchev–Trinajstić information content (AvgIpc) is 2.56. The Morgan fingerprint density at radius 2 is 2.00 bits per heavy atom. The van der Waals surface area contributed by atoms with Gasteiger partial charge in [0.1, 0.15) is 17.2 Å². The van der Waals surface area contributed by atoms with Crippen LogP contribution in [0, 0.1) is 5.82 Å². The van der Waals surface area contributed by atoms with Gasteiger partial charge in [-0.05, 0) is 25.1 Å². The van der Waals surface area contributed by atoms with E-state index in [1.54, 1.807) is 0 Å². The van der Waals surface area contributed by atoms with Crippen LogP contribution >= 0.6 is 0 Å². The summed E-state index contributed by atoms with van der Waals surface area (Å²) in [6, 6.07) is 7.61. The molecule has 25 heavy (non-hydrogen) atoms. The van der Waals surface area contributed by atoms with Crippen molar-refractivity contribution >= 4 is 11.9 Å². The van der Waals surface area contributed by atoms with Gasteiger partial charge in [0.05, 0.1) is 6.61 Å². The van der Waals surface area contributed by atoms with Crippen LogP contribution in [-0.4, -0.2) is 46.0 Å². The fourth-order valence-electron chi connectivity index (χ4n) is 2.08. The highest BCUT2D eigenvalue weighted by molar-refractivity contribution is 5.96. The summed E-state index contributed by atoms with van der Waals surface area (Å²) >= 11 is 0. The summed E-state index contributed by atoms with van der Waals surface area (Å²) in [4.78, 5) is 35.6. The van der Waals surface area contributed by atoms with Crippen LogP contribution in [0.25, 0.3) is 5.69 Å². The van der Waals surface area contributed by atoms with Gasteiger partial charge in [-0.1, -0.05) is 12.1 Å². The van der Waals surface area contributed by atoms with Gasteiger partial charge in [0, 0.05) is 13.2 Å². The molecule has 0 radical (unpaired) electrons. The van der Waals surface area contributed by atoms with Crippen molar-refractivity contribution in [1.82, 2.24) is 15.1 Å². The Hall–Kier alpha value is -3.07. The third-order valence-electron chi connectivity index (χ3n) is 3.41. The van der Waals surface area contributed by atoms with Gasteiger partial charge < -0.3 is 15.2 Å². The van der Waals surface area contributed by atoms with Crippen molar-refractivity contribution in [1.29, 1.82) is 0 Å². The number of benzene rings is 1. The first-order chi connectivity index (χ1) is 11.8. The summed E-state index contributed by atoms with van der Waals surface area (Å²) in [5, 5.41) is 15.4. The Bertz CT molecular complexity index is 867. The number of nitrogens with one attached hydrogen (secondary N) is 1. The van der Waals surface area contributed by atoms with Gasteiger partial charge in [0.15, 0.2) is 5.54 Å². The van der Waals surface area contributed by atoms with E-state index in [2.05, 4.69) is 10.4 Å². The maximum absolute atomic E-state index is 13.9. The molecule has 0 bridgehead atoms. The Balaban J connectivity index is 2.40. The highest BCUT2D eigenvalue weighted by Gasteiger charge is 2.35. The van der Waals surface area contributed by atoms with Crippen LogP contribution in [0.5, 0.6) is 0 Å². The summed E-state index contributed by atoms with van der Waals surface area (Å²) in [6.07, 6.45) is 0. The number of hydrogen-bond donors (Lipinski definition) is 2. The number of para-hydroxylation sites is 1. The lowest BCUT2D eigenvalue weighted by Crippen LogP contribution is -2.55. The predicted molar refractivity (Wildman–Crippen MR) is 85.2 cm³/mol. The number of carboxylic acid groups (broad SMARTS) is 1. The van der Waals surface area contributed by atoms with E-state index in [1.807, 2.05) is 0 Å². The van der Waals surface area contributed by atoms with E-state index in [4.69, 9.17) is 4.74 Å². The van der Waals surface area contributed by atoms with E-state index in [9.17, 15) is 23.9 Å². The lowest BCUT2D eigenvalue weighted by atomic mass is 10.0. The monoisotopic (exact) mass is 349 g/mol. The minimum atomic E-state index is -1.69. The SMILES string of the molecule is COCC(C)(NC(=O)c1ccc(=O)n(-c2ccccc2F)n1)C(=O)O. The molecule has 2 aromatic rings. The lowest BCUT2D eigenvalue weighted by Gasteiger charge is -2.25. The number of nitrogens with zero attached hydrogens (tertiary/aromatic N) is 2. The molecule has 1 heterocycles. The maximum atomic E-state index is 13.9. The molecule has 1 unspecified atom stereocenters. The Morgan fingerprint density at radius 3 is 2.60 bits per heavy atom. The Morgan fingerprint density at radius 1 is 1.32 bits per heavy atom. The fraction of sp³-hybridized carbons (Fsp3) is 0.250. The minimum Gasteiger partial charge on any atom is -0.479 e. The second kappa shape index (κ2) is 7.22. The molecule has 0 spiro atoms. The first-order valence-electron chi connectivity index (χ1n) is 7.18. The van der Waals surface area contributed by atoms with Crippen molar-refractivity contribution < 1.29 is 23.8 Å². The summed E-state index contributed by atoms with van der Waals surface area (Å²) in [6.45, 7) is 0.991. The third-order valence-corrected chi connectivity index (χ3v) is 3.41. The molecular formula is C16H16FN3O5. The number of carboxylic acids is 1. The topological polar surface area (TPSA) is 111 Å². The predicted octanol–water partition coefficient (Wildman–Crippen LogP) is 0.591. The number of halogens is 1. The minimum absolute atomic E-state index is 0.125. The van der Waals surface area contributed by atoms with E-state index in [-0.39, 0.29) is 18.0 Å². The summed E-state index contributed by atoms with van der Waals surface area (Å²) in [5.41, 5.74) is -2.70. The number of amides is 1. The van der Waals surface area contributed by atoms with Crippen molar-refractivity contribution in [2.75, 3.05) is 13.7 Å². The zero-order valence-corrected chi connectivity index (χ0v) is 13.5. The second-order valence-corrected chi connectivity index (χ2v) is 5.44. The van der Waals surface area contributed by atoms with Crippen molar-refractivity contribution in [3.63, 3.8) is 0 Å². The number of carbonyl (C=O) groups excluding carboxylic acids is 1. The number of aliphatic carboxylic acids is 1. The van der Waals surface area contributed by atoms with Crippen LogP contribution in [-0.2, 0) is 9.53 Å². The van der Waals surface area contributed by atoms with Crippen LogP contribution in [0.2, 0.25) is 0 Å². The largest absolute Gasteiger partial charge is 0.479 e. The van der Waals surface area contributed by atoms with E-state index < -0.39 is 28.8 Å². The molecule has 0 saturated carbocycles. The van der Waals surface area contributed by atoms with Crippen molar-refractivity contribution in [3.05, 3.63) is 58.3 Å². The molecule has 2 N–H and O–H groups in total. The number of ether oxygens (including phenoxy) is 1. The molecule has 0 aliphatic heterocycles. The number of methoxy groups -OCH3 is 1. The highest BCUT2D eigenvalue weighted by Crippen LogP contribution is 2.10. The molecule has 0 fully saturated rings. The number of carbonyl (C=O) groups is 2. The van der Waals surface area contributed by atoms with Crippen LogP contribution in [0.4, 0.5) is 4.39 Å². The van der Waals surface area contributed by atoms with Crippen LogP contribution in [0.1, 0.15) is 17.4 Å². The molecule has 2 rings (SSSR count). The summed E-state index contributed by atoms with van der Waals surface area (Å²) in [5.74, 6) is -2.83. The van der Waals surface area contributed by atoms with Crippen molar-refractivity contribution in [2.45, 2.75) is 12.5 Å². The second-order valence-electron chi connectivity index (χ2n) is 5.44. The van der Waals surface area contributed by atoms with Gasteiger partial charge >= 0.3 is 5.97 Å². The smallest absolute Gasteiger partial charge is 0.331 e. The Kier molecular flexibility index (Phi) is 5.28. The molecule has 0 aliphatic rings. The highest BCUT2D eigenvalue weighted by atomic mass is 19.1. The van der Waals surface area contributed by atoms with Crippen molar-refractivity contribution in [3.8, 4) is 5.69 Å². The number of hydrogen-bond acceptors (Lipinski definition) is 5. The average molecular weight is 349 g/mol. The standard InChI is InChI=1S/C16H16FN3O5/c1-16(9-25-2,15(23)24)18-14(22)11-7-8-13(21)20(19-11)12-6-4-3-5-10(12)17/h3-8H,9H2,1-2H3,(H,18,22)(H,23,24). The number of aromatic nitrogens is 2. The van der Waals surface area contributed by atoms with Crippen molar-refractivity contribution in [2.24, 2.45) is 0 Å². The van der Waals surface area contributed by atoms with Crippen LogP contribution in [0.3, 0.4) is 0 Å². The van der Waals surface area contributed by atoms with Gasteiger partial charge in [-0.25, -0.2) is 9.18 Å². The lowest BCUT2D eigenvalue weighted by molar-refractivity contribution is -0.145. The molecule has 1 atom stereocenters. The normalized spacial score (nSPS) is 13.1. The number of rotatable bonds is 6. The van der Waals surface area contributed by atoms with E-state index >= 15 is 0 Å². The van der Waals surface area contributed by atoms with Gasteiger partial charge in [-0.15, -0.1) is 0 Å². The van der Waals surface area contributed by atoms with Crippen LogP contribution in [0.15, 0.2) is 41.2 Å². The zero-order chi connectivity index (χ0) is 18.6. The molecule has 1 amide bonds. The third kappa shape index (κ3) is 3.89. The van der Waals surface area contributed by atoms with Crippen LogP contribution < -0.4 is 10.9 Å². The molecule has 9 heteroatoms. The Labute approximate surface area is 141 Å². The quantitative estimate of drug-likeness (QED) is 0.790. The molecule has 1 aromatic carbocycles.